The smallest absolute Gasteiger partial charge is 0.387 e. The Morgan fingerprint density at radius 1 is 1.06 bits per heavy atom. The molecule has 0 radical (unpaired) electrons. The number of nitrogens with zero attached hydrogens (tertiary/aromatic N) is 5. The fraction of sp³-hybridized carbons (Fsp3) is 0.462. The van der Waals surface area contributed by atoms with E-state index in [9.17, 15) is 8.78 Å². The van der Waals surface area contributed by atoms with E-state index in [1.165, 1.54) is 5.56 Å². The zero-order valence-corrected chi connectivity index (χ0v) is 20.7. The third kappa shape index (κ3) is 6.35. The van der Waals surface area contributed by atoms with Gasteiger partial charge in [0, 0.05) is 25.2 Å². The number of halogens is 2. The molecule has 1 unspecified atom stereocenters. The summed E-state index contributed by atoms with van der Waals surface area (Å²) in [6.07, 6.45) is -0.206. The van der Waals surface area contributed by atoms with Crippen molar-refractivity contribution in [3.05, 3.63) is 59.7 Å². The van der Waals surface area contributed by atoms with Crippen LogP contribution in [0.4, 0.5) is 14.7 Å². The van der Waals surface area contributed by atoms with Gasteiger partial charge in [0.15, 0.2) is 5.82 Å². The second kappa shape index (κ2) is 11.1. The van der Waals surface area contributed by atoms with E-state index in [4.69, 9.17) is 4.74 Å². The van der Waals surface area contributed by atoms with Crippen LogP contribution in [0.1, 0.15) is 31.1 Å². The van der Waals surface area contributed by atoms with E-state index in [1.807, 2.05) is 0 Å². The molecule has 1 aliphatic rings. The Morgan fingerprint density at radius 2 is 1.77 bits per heavy atom. The molecule has 188 valence electrons. The maximum absolute atomic E-state index is 12.5. The van der Waals surface area contributed by atoms with Crippen LogP contribution in [0.3, 0.4) is 0 Å². The van der Waals surface area contributed by atoms with Crippen molar-refractivity contribution >= 4 is 5.95 Å². The van der Waals surface area contributed by atoms with E-state index in [0.717, 1.165) is 36.0 Å². The maximum atomic E-state index is 12.5. The van der Waals surface area contributed by atoms with E-state index >= 15 is 0 Å². The highest BCUT2D eigenvalue weighted by atomic mass is 19.3. The lowest BCUT2D eigenvalue weighted by Gasteiger charge is -2.34. The summed E-state index contributed by atoms with van der Waals surface area (Å²) in [6, 6.07) is 15.1. The normalized spacial score (nSPS) is 16.5. The number of ether oxygens (including phenoxy) is 2. The van der Waals surface area contributed by atoms with Crippen LogP contribution in [-0.4, -0.2) is 60.1 Å². The average Bonchev–Trinajstić information content (AvgIpc) is 3.22. The summed E-state index contributed by atoms with van der Waals surface area (Å²) in [5.74, 6) is 2.21. The Kier molecular flexibility index (Phi) is 7.97. The van der Waals surface area contributed by atoms with Gasteiger partial charge in [-0.1, -0.05) is 50.2 Å². The molecule has 1 aromatic heterocycles. The molecule has 9 heteroatoms. The first-order valence-electron chi connectivity index (χ1n) is 11.9. The van der Waals surface area contributed by atoms with Crippen molar-refractivity contribution in [2.45, 2.75) is 39.7 Å². The topological polar surface area (TPSA) is 55.7 Å². The van der Waals surface area contributed by atoms with Crippen LogP contribution in [0.25, 0.3) is 11.4 Å². The third-order valence-electron chi connectivity index (χ3n) is 5.82. The molecule has 1 saturated heterocycles. The Labute approximate surface area is 205 Å². The zero-order chi connectivity index (χ0) is 24.9. The van der Waals surface area contributed by atoms with Crippen molar-refractivity contribution in [2.75, 3.05) is 38.7 Å². The van der Waals surface area contributed by atoms with E-state index < -0.39 is 6.61 Å². The number of benzene rings is 2. The van der Waals surface area contributed by atoms with E-state index in [2.05, 4.69) is 81.5 Å². The third-order valence-corrected chi connectivity index (χ3v) is 5.82. The fourth-order valence-electron chi connectivity index (χ4n) is 4.30. The van der Waals surface area contributed by atoms with Gasteiger partial charge in [-0.05, 0) is 43.3 Å². The Balaban J connectivity index is 1.56. The highest BCUT2D eigenvalue weighted by Gasteiger charge is 2.27. The summed E-state index contributed by atoms with van der Waals surface area (Å²) in [5, 5.41) is 9.16. The van der Waals surface area contributed by atoms with Crippen LogP contribution in [0.5, 0.6) is 5.75 Å². The standard InChI is InChI=1S/C26H33F2N5O2/c1-18(2)15-33-24(21-7-5-19(6-8-21)16-31(3)4)29-30-26(33)32-13-14-34-23(17-32)20-9-11-22(12-10-20)35-25(27)28/h5-12,18,23,25H,13-17H2,1-4H3. The second-order valence-corrected chi connectivity index (χ2v) is 9.52. The quantitative estimate of drug-likeness (QED) is 0.432. The summed E-state index contributed by atoms with van der Waals surface area (Å²) in [7, 11) is 4.11. The molecule has 2 heterocycles. The number of hydrogen-bond acceptors (Lipinski definition) is 6. The fourth-order valence-corrected chi connectivity index (χ4v) is 4.30. The SMILES string of the molecule is CC(C)Cn1c(-c2ccc(CN(C)C)cc2)nnc1N1CCOC(c2ccc(OC(F)F)cc2)C1. The van der Waals surface area contributed by atoms with E-state index in [-0.39, 0.29) is 11.9 Å². The molecular weight excluding hydrogens is 452 g/mol. The number of anilines is 1. The summed E-state index contributed by atoms with van der Waals surface area (Å²) >= 11 is 0. The van der Waals surface area contributed by atoms with Gasteiger partial charge in [0.2, 0.25) is 5.95 Å². The average molecular weight is 486 g/mol. The first kappa shape index (κ1) is 25.1. The van der Waals surface area contributed by atoms with Crippen LogP contribution < -0.4 is 9.64 Å². The van der Waals surface area contributed by atoms with Crippen molar-refractivity contribution in [2.24, 2.45) is 5.92 Å². The monoisotopic (exact) mass is 485 g/mol. The van der Waals surface area contributed by atoms with Gasteiger partial charge in [0.25, 0.3) is 0 Å². The predicted octanol–water partition coefficient (Wildman–Crippen LogP) is 4.84. The number of aromatic nitrogens is 3. The molecule has 0 amide bonds. The Bertz CT molecular complexity index is 1080. The molecule has 0 spiro atoms. The van der Waals surface area contributed by atoms with Crippen molar-refractivity contribution in [1.29, 1.82) is 0 Å². The predicted molar refractivity (Wildman–Crippen MR) is 132 cm³/mol. The molecule has 3 aromatic rings. The number of rotatable bonds is 9. The van der Waals surface area contributed by atoms with Crippen molar-refractivity contribution in [3.63, 3.8) is 0 Å². The van der Waals surface area contributed by atoms with Crippen molar-refractivity contribution < 1.29 is 18.3 Å². The van der Waals surface area contributed by atoms with Gasteiger partial charge in [0.05, 0.1) is 13.2 Å². The molecule has 1 atom stereocenters. The summed E-state index contributed by atoms with van der Waals surface area (Å²) in [5.41, 5.74) is 3.18. The summed E-state index contributed by atoms with van der Waals surface area (Å²) in [4.78, 5) is 4.33. The largest absolute Gasteiger partial charge is 0.435 e. The van der Waals surface area contributed by atoms with Crippen molar-refractivity contribution in [1.82, 2.24) is 19.7 Å². The van der Waals surface area contributed by atoms with Gasteiger partial charge < -0.3 is 19.3 Å². The first-order chi connectivity index (χ1) is 16.8. The first-order valence-corrected chi connectivity index (χ1v) is 11.9. The van der Waals surface area contributed by atoms with E-state index in [0.29, 0.717) is 25.6 Å². The Morgan fingerprint density at radius 3 is 2.40 bits per heavy atom. The minimum atomic E-state index is -2.84. The molecule has 2 aromatic carbocycles. The minimum absolute atomic E-state index is 0.134. The highest BCUT2D eigenvalue weighted by Crippen LogP contribution is 2.30. The number of alkyl halides is 2. The van der Waals surface area contributed by atoms with E-state index in [1.54, 1.807) is 24.3 Å². The minimum Gasteiger partial charge on any atom is -0.435 e. The van der Waals surface area contributed by atoms with Crippen LogP contribution in [0.2, 0.25) is 0 Å². The lowest BCUT2D eigenvalue weighted by Crippen LogP contribution is -2.40. The van der Waals surface area contributed by atoms with Gasteiger partial charge in [-0.2, -0.15) is 8.78 Å². The number of morpholine rings is 1. The summed E-state index contributed by atoms with van der Waals surface area (Å²) < 4.78 is 37.6. The molecule has 35 heavy (non-hydrogen) atoms. The van der Waals surface area contributed by atoms with Gasteiger partial charge >= 0.3 is 6.61 Å². The molecule has 1 aliphatic heterocycles. The lowest BCUT2D eigenvalue weighted by molar-refractivity contribution is -0.0498. The van der Waals surface area contributed by atoms with Crippen LogP contribution in [0.15, 0.2) is 48.5 Å². The van der Waals surface area contributed by atoms with Gasteiger partial charge in [-0.15, -0.1) is 10.2 Å². The molecule has 4 rings (SSSR count). The zero-order valence-electron chi connectivity index (χ0n) is 20.7. The van der Waals surface area contributed by atoms with Crippen LogP contribution >= 0.6 is 0 Å². The van der Waals surface area contributed by atoms with Crippen molar-refractivity contribution in [3.8, 4) is 17.1 Å². The second-order valence-electron chi connectivity index (χ2n) is 9.52. The highest BCUT2D eigenvalue weighted by molar-refractivity contribution is 5.58. The molecular formula is C26H33F2N5O2. The van der Waals surface area contributed by atoms with Gasteiger partial charge in [-0.25, -0.2) is 0 Å². The molecule has 0 N–H and O–H groups in total. The lowest BCUT2D eigenvalue weighted by atomic mass is 10.1. The van der Waals surface area contributed by atoms with Crippen LogP contribution in [0, 0.1) is 5.92 Å². The summed E-state index contributed by atoms with van der Waals surface area (Å²) in [6.45, 7) is 5.01. The maximum Gasteiger partial charge on any atom is 0.387 e. The molecule has 0 aliphatic carbocycles. The van der Waals surface area contributed by atoms with Crippen LogP contribution in [-0.2, 0) is 17.8 Å². The molecule has 0 bridgehead atoms. The molecule has 1 fully saturated rings. The molecule has 7 nitrogen and oxygen atoms in total. The number of hydrogen-bond donors (Lipinski definition) is 0. The van der Waals surface area contributed by atoms with Gasteiger partial charge in [0.1, 0.15) is 11.9 Å². The Hall–Kier alpha value is -3.04. The van der Waals surface area contributed by atoms with Gasteiger partial charge in [-0.3, -0.25) is 4.57 Å². The molecule has 0 saturated carbocycles.